The van der Waals surface area contributed by atoms with Gasteiger partial charge in [-0.25, -0.2) is 0 Å². The van der Waals surface area contributed by atoms with Gasteiger partial charge in [-0.05, 0) is 36.2 Å². The fourth-order valence-corrected chi connectivity index (χ4v) is 1.78. The third-order valence-corrected chi connectivity index (χ3v) is 2.82. The van der Waals surface area contributed by atoms with E-state index in [1.165, 1.54) is 5.56 Å². The maximum Gasteiger partial charge on any atom is 0.251 e. The van der Waals surface area contributed by atoms with E-state index >= 15 is 0 Å². The van der Waals surface area contributed by atoms with Crippen molar-refractivity contribution >= 4 is 11.6 Å². The molecule has 1 aromatic heterocycles. The molecule has 1 heterocycles. The Morgan fingerprint density at radius 3 is 2.95 bits per heavy atom. The van der Waals surface area contributed by atoms with Crippen LogP contribution in [0.4, 0.5) is 5.69 Å². The van der Waals surface area contributed by atoms with Crippen LogP contribution in [-0.4, -0.2) is 17.4 Å². The molecule has 0 bridgehead atoms. The van der Waals surface area contributed by atoms with Crippen LogP contribution in [0.3, 0.4) is 0 Å². The van der Waals surface area contributed by atoms with Crippen LogP contribution < -0.4 is 10.6 Å². The van der Waals surface area contributed by atoms with Crippen molar-refractivity contribution in [3.05, 3.63) is 53.9 Å². The molecule has 0 aliphatic rings. The van der Waals surface area contributed by atoms with Gasteiger partial charge in [0.05, 0.1) is 0 Å². The van der Waals surface area contributed by atoms with Crippen LogP contribution in [0.15, 0.2) is 42.7 Å². The molecule has 0 atom stereocenters. The van der Waals surface area contributed by atoms with Crippen molar-refractivity contribution in [2.45, 2.75) is 19.9 Å². The topological polar surface area (TPSA) is 56.9 Å². The molecule has 4 nitrogen and oxygen atoms in total. The van der Waals surface area contributed by atoms with Crippen LogP contribution >= 0.6 is 0 Å². The molecule has 2 aromatic rings. The highest BCUT2D eigenvalue weighted by Gasteiger charge is 2.04. The van der Waals surface area contributed by atoms with Crippen molar-refractivity contribution in [1.29, 1.82) is 0 Å². The molecular weight excluding hydrogens is 238 g/mol. The summed E-state index contributed by atoms with van der Waals surface area (Å²) in [5.74, 6) is -0.0212. The van der Waals surface area contributed by atoms with Crippen molar-refractivity contribution in [2.24, 2.45) is 0 Å². The second kappa shape index (κ2) is 6.64. The normalized spacial score (nSPS) is 10.2. The van der Waals surface area contributed by atoms with Gasteiger partial charge >= 0.3 is 0 Å². The average Bonchev–Trinajstić information content (AvgIpc) is 2.96. The van der Waals surface area contributed by atoms with E-state index in [0.717, 1.165) is 18.7 Å². The molecule has 1 aromatic carbocycles. The Kier molecular flexibility index (Phi) is 4.61. The Balaban J connectivity index is 1.96. The number of carbonyl (C=O) groups is 1. The van der Waals surface area contributed by atoms with Crippen LogP contribution in [0, 0.1) is 0 Å². The largest absolute Gasteiger partial charge is 0.381 e. The first-order chi connectivity index (χ1) is 9.29. The van der Waals surface area contributed by atoms with E-state index in [2.05, 4.69) is 15.6 Å². The summed E-state index contributed by atoms with van der Waals surface area (Å²) in [6.45, 7) is 3.48. The summed E-state index contributed by atoms with van der Waals surface area (Å²) >= 11 is 0. The Bertz CT molecular complexity index is 520. The van der Waals surface area contributed by atoms with E-state index in [4.69, 9.17) is 0 Å². The van der Waals surface area contributed by atoms with E-state index in [1.807, 2.05) is 49.6 Å². The van der Waals surface area contributed by atoms with Crippen LogP contribution in [-0.2, 0) is 6.54 Å². The number of carbonyl (C=O) groups excluding carboxylic acids is 1. The van der Waals surface area contributed by atoms with Crippen LogP contribution in [0.25, 0.3) is 0 Å². The van der Waals surface area contributed by atoms with Crippen molar-refractivity contribution in [3.63, 3.8) is 0 Å². The Morgan fingerprint density at radius 2 is 2.21 bits per heavy atom. The summed E-state index contributed by atoms with van der Waals surface area (Å²) in [6.07, 6.45) is 4.79. The van der Waals surface area contributed by atoms with Crippen LogP contribution in [0.2, 0.25) is 0 Å². The van der Waals surface area contributed by atoms with Crippen molar-refractivity contribution < 1.29 is 4.79 Å². The molecule has 2 rings (SSSR count). The second-order valence-corrected chi connectivity index (χ2v) is 4.41. The van der Waals surface area contributed by atoms with Gasteiger partial charge in [0, 0.05) is 36.7 Å². The number of H-pyrrole nitrogens is 1. The lowest BCUT2D eigenvalue weighted by Crippen LogP contribution is -2.23. The first-order valence-corrected chi connectivity index (χ1v) is 6.53. The first kappa shape index (κ1) is 13.2. The van der Waals surface area contributed by atoms with Crippen molar-refractivity contribution in [3.8, 4) is 0 Å². The number of aromatic nitrogens is 1. The lowest BCUT2D eigenvalue weighted by atomic mass is 10.2. The molecule has 1 amide bonds. The SMILES string of the molecule is CCCNC(=O)c1cccc(NCc2cc[nH]c2)c1. The molecule has 0 aliphatic carbocycles. The highest BCUT2D eigenvalue weighted by molar-refractivity contribution is 5.95. The fourth-order valence-electron chi connectivity index (χ4n) is 1.78. The number of hydrogen-bond donors (Lipinski definition) is 3. The maximum absolute atomic E-state index is 11.8. The van der Waals surface area contributed by atoms with Gasteiger partial charge in [-0.15, -0.1) is 0 Å². The van der Waals surface area contributed by atoms with Crippen molar-refractivity contribution in [2.75, 3.05) is 11.9 Å². The van der Waals surface area contributed by atoms with Crippen molar-refractivity contribution in [1.82, 2.24) is 10.3 Å². The van der Waals surface area contributed by atoms with E-state index < -0.39 is 0 Å². The Morgan fingerprint density at radius 1 is 1.32 bits per heavy atom. The number of aromatic amines is 1. The number of rotatable bonds is 6. The van der Waals surface area contributed by atoms with Gasteiger partial charge < -0.3 is 15.6 Å². The third kappa shape index (κ3) is 3.88. The number of benzene rings is 1. The summed E-state index contributed by atoms with van der Waals surface area (Å²) in [5.41, 5.74) is 2.82. The first-order valence-electron chi connectivity index (χ1n) is 6.53. The summed E-state index contributed by atoms with van der Waals surface area (Å²) in [7, 11) is 0. The molecule has 0 spiro atoms. The van der Waals surface area contributed by atoms with Crippen LogP contribution in [0.5, 0.6) is 0 Å². The maximum atomic E-state index is 11.8. The summed E-state index contributed by atoms with van der Waals surface area (Å²) in [4.78, 5) is 14.9. The molecule has 100 valence electrons. The smallest absolute Gasteiger partial charge is 0.251 e. The molecule has 0 saturated carbocycles. The molecule has 0 radical (unpaired) electrons. The molecule has 0 unspecified atom stereocenters. The van der Waals surface area contributed by atoms with Gasteiger partial charge in [0.15, 0.2) is 0 Å². The number of hydrogen-bond acceptors (Lipinski definition) is 2. The van der Waals surface area contributed by atoms with E-state index in [9.17, 15) is 4.79 Å². The van der Waals surface area contributed by atoms with Crippen LogP contribution in [0.1, 0.15) is 29.3 Å². The summed E-state index contributed by atoms with van der Waals surface area (Å²) < 4.78 is 0. The molecule has 0 saturated heterocycles. The Hall–Kier alpha value is -2.23. The lowest BCUT2D eigenvalue weighted by Gasteiger charge is -2.08. The standard InChI is InChI=1S/C15H19N3O/c1-2-7-17-15(19)13-4-3-5-14(9-13)18-11-12-6-8-16-10-12/h3-6,8-10,16,18H,2,7,11H2,1H3,(H,17,19). The summed E-state index contributed by atoms with van der Waals surface area (Å²) in [5, 5.41) is 6.17. The average molecular weight is 257 g/mol. The number of nitrogens with one attached hydrogen (secondary N) is 3. The van der Waals surface area contributed by atoms with E-state index in [-0.39, 0.29) is 5.91 Å². The molecule has 4 heteroatoms. The molecule has 3 N–H and O–H groups in total. The lowest BCUT2D eigenvalue weighted by molar-refractivity contribution is 0.0953. The molecule has 19 heavy (non-hydrogen) atoms. The van der Waals surface area contributed by atoms with E-state index in [1.54, 1.807) is 0 Å². The van der Waals surface area contributed by atoms with Gasteiger partial charge in [-0.2, -0.15) is 0 Å². The fraction of sp³-hybridized carbons (Fsp3) is 0.267. The monoisotopic (exact) mass is 257 g/mol. The predicted octanol–water partition coefficient (Wildman–Crippen LogP) is 2.77. The minimum absolute atomic E-state index is 0.0212. The number of anilines is 1. The van der Waals surface area contributed by atoms with Gasteiger partial charge in [0.1, 0.15) is 0 Å². The molecule has 0 fully saturated rings. The van der Waals surface area contributed by atoms with Gasteiger partial charge in [-0.1, -0.05) is 13.0 Å². The quantitative estimate of drug-likeness (QED) is 0.745. The van der Waals surface area contributed by atoms with Gasteiger partial charge in [0.2, 0.25) is 0 Å². The zero-order valence-corrected chi connectivity index (χ0v) is 11.1. The summed E-state index contributed by atoms with van der Waals surface area (Å²) in [6, 6.07) is 9.57. The zero-order valence-electron chi connectivity index (χ0n) is 11.1. The highest BCUT2D eigenvalue weighted by atomic mass is 16.1. The van der Waals surface area contributed by atoms with Gasteiger partial charge in [-0.3, -0.25) is 4.79 Å². The zero-order chi connectivity index (χ0) is 13.5. The number of amides is 1. The minimum atomic E-state index is -0.0212. The predicted molar refractivity (Wildman–Crippen MR) is 77.2 cm³/mol. The third-order valence-electron chi connectivity index (χ3n) is 2.82. The second-order valence-electron chi connectivity index (χ2n) is 4.41. The molecule has 0 aliphatic heterocycles. The molecular formula is C15H19N3O. The Labute approximate surface area is 113 Å². The van der Waals surface area contributed by atoms with Gasteiger partial charge in [0.25, 0.3) is 5.91 Å². The van der Waals surface area contributed by atoms with E-state index in [0.29, 0.717) is 12.1 Å². The minimum Gasteiger partial charge on any atom is -0.381 e. The highest BCUT2D eigenvalue weighted by Crippen LogP contribution is 2.12.